The minimum Gasteiger partial charge on any atom is -0.492 e. The van der Waals surface area contributed by atoms with E-state index in [-0.39, 0.29) is 0 Å². The van der Waals surface area contributed by atoms with Gasteiger partial charge in [-0.3, -0.25) is 9.58 Å². The van der Waals surface area contributed by atoms with Crippen LogP contribution in [0.1, 0.15) is 32.5 Å². The number of aromatic nitrogens is 2. The van der Waals surface area contributed by atoms with Gasteiger partial charge in [-0.15, -0.1) is 0 Å². The van der Waals surface area contributed by atoms with E-state index in [9.17, 15) is 0 Å². The first kappa shape index (κ1) is 16.8. The average molecular weight is 328 g/mol. The maximum atomic E-state index is 5.77. The molecule has 0 unspecified atom stereocenters. The molecule has 0 amide bonds. The number of anilines is 1. The Bertz CT molecular complexity index is 644. The van der Waals surface area contributed by atoms with Crippen LogP contribution >= 0.6 is 0 Å². The van der Waals surface area contributed by atoms with Gasteiger partial charge in [-0.1, -0.05) is 12.1 Å². The van der Waals surface area contributed by atoms with Crippen LogP contribution in [0.25, 0.3) is 0 Å². The second kappa shape index (κ2) is 7.71. The Hall–Kier alpha value is -2.01. The van der Waals surface area contributed by atoms with Crippen molar-refractivity contribution in [3.05, 3.63) is 42.2 Å². The molecule has 0 saturated carbocycles. The molecule has 130 valence electrons. The summed E-state index contributed by atoms with van der Waals surface area (Å²) in [5.74, 6) is 0.990. The molecule has 0 aliphatic carbocycles. The van der Waals surface area contributed by atoms with Gasteiger partial charge in [-0.2, -0.15) is 5.10 Å². The van der Waals surface area contributed by atoms with E-state index in [0.717, 1.165) is 44.2 Å². The van der Waals surface area contributed by atoms with E-state index < -0.39 is 0 Å². The van der Waals surface area contributed by atoms with Gasteiger partial charge in [0, 0.05) is 45.0 Å². The highest BCUT2D eigenvalue weighted by Crippen LogP contribution is 2.28. The molecule has 5 nitrogen and oxygen atoms in total. The molecule has 24 heavy (non-hydrogen) atoms. The molecule has 5 heteroatoms. The SMILES string of the molecule is CCOc1ccccc1N1CCN(Cc2ccn(C(C)C)n2)CC1. The van der Waals surface area contributed by atoms with E-state index in [0.29, 0.717) is 12.6 Å². The van der Waals surface area contributed by atoms with Crippen LogP contribution in [0, 0.1) is 0 Å². The van der Waals surface area contributed by atoms with Crippen LogP contribution in [0.5, 0.6) is 5.75 Å². The fourth-order valence-corrected chi connectivity index (χ4v) is 3.12. The fourth-order valence-electron chi connectivity index (χ4n) is 3.12. The van der Waals surface area contributed by atoms with Crippen LogP contribution < -0.4 is 9.64 Å². The Morgan fingerprint density at radius 1 is 1.08 bits per heavy atom. The van der Waals surface area contributed by atoms with Crippen LogP contribution in [-0.4, -0.2) is 47.5 Å². The number of benzene rings is 1. The molecular formula is C19H28N4O. The van der Waals surface area contributed by atoms with E-state index >= 15 is 0 Å². The maximum absolute atomic E-state index is 5.77. The number of ether oxygens (including phenoxy) is 1. The summed E-state index contributed by atoms with van der Waals surface area (Å²) in [5.41, 5.74) is 2.37. The van der Waals surface area contributed by atoms with Crippen molar-refractivity contribution >= 4 is 5.69 Å². The highest BCUT2D eigenvalue weighted by molar-refractivity contribution is 5.58. The summed E-state index contributed by atoms with van der Waals surface area (Å²) in [7, 11) is 0. The zero-order valence-electron chi connectivity index (χ0n) is 15.0. The zero-order valence-corrected chi connectivity index (χ0v) is 15.0. The Morgan fingerprint density at radius 3 is 2.50 bits per heavy atom. The Balaban J connectivity index is 1.57. The summed E-state index contributed by atoms with van der Waals surface area (Å²) in [6.07, 6.45) is 2.08. The molecule has 2 heterocycles. The third-order valence-corrected chi connectivity index (χ3v) is 4.46. The van der Waals surface area contributed by atoms with Gasteiger partial charge in [0.05, 0.1) is 18.0 Å². The first-order valence-corrected chi connectivity index (χ1v) is 8.90. The van der Waals surface area contributed by atoms with Crippen LogP contribution in [0.3, 0.4) is 0 Å². The summed E-state index contributed by atoms with van der Waals surface area (Å²) in [6, 6.07) is 10.9. The minimum atomic E-state index is 0.422. The van der Waals surface area contributed by atoms with Crippen LogP contribution in [0.15, 0.2) is 36.5 Å². The summed E-state index contributed by atoms with van der Waals surface area (Å²) >= 11 is 0. The maximum Gasteiger partial charge on any atom is 0.142 e. The largest absolute Gasteiger partial charge is 0.492 e. The van der Waals surface area contributed by atoms with Gasteiger partial charge in [0.15, 0.2) is 0 Å². The summed E-state index contributed by atoms with van der Waals surface area (Å²) in [4.78, 5) is 4.90. The quantitative estimate of drug-likeness (QED) is 0.815. The second-order valence-corrected chi connectivity index (χ2v) is 6.54. The predicted molar refractivity (Wildman–Crippen MR) is 97.7 cm³/mol. The van der Waals surface area contributed by atoms with E-state index in [1.165, 1.54) is 5.69 Å². The first-order valence-electron chi connectivity index (χ1n) is 8.90. The van der Waals surface area contributed by atoms with Gasteiger partial charge in [0.2, 0.25) is 0 Å². The van der Waals surface area contributed by atoms with Gasteiger partial charge in [0.1, 0.15) is 5.75 Å². The Kier molecular flexibility index (Phi) is 5.41. The Morgan fingerprint density at radius 2 is 1.83 bits per heavy atom. The molecule has 2 aromatic rings. The standard InChI is InChI=1S/C19H28N4O/c1-4-24-19-8-6-5-7-18(19)22-13-11-21(12-14-22)15-17-9-10-23(20-17)16(2)3/h5-10,16H,4,11-15H2,1-3H3. The molecule has 1 aromatic carbocycles. The van der Waals surface area contributed by atoms with E-state index in [1.807, 2.05) is 17.7 Å². The fraction of sp³-hybridized carbons (Fsp3) is 0.526. The number of hydrogen-bond donors (Lipinski definition) is 0. The van der Waals surface area contributed by atoms with Crippen molar-refractivity contribution in [3.8, 4) is 5.75 Å². The normalized spacial score (nSPS) is 15.9. The third-order valence-electron chi connectivity index (χ3n) is 4.46. The molecule has 1 aliphatic heterocycles. The number of rotatable bonds is 6. The number of hydrogen-bond acceptors (Lipinski definition) is 4. The molecule has 0 N–H and O–H groups in total. The van der Waals surface area contributed by atoms with Gasteiger partial charge >= 0.3 is 0 Å². The van der Waals surface area contributed by atoms with Gasteiger partial charge in [-0.25, -0.2) is 0 Å². The highest BCUT2D eigenvalue weighted by atomic mass is 16.5. The average Bonchev–Trinajstić information content (AvgIpc) is 3.05. The van der Waals surface area contributed by atoms with E-state index in [2.05, 4.69) is 59.2 Å². The molecule has 1 aliphatic rings. The van der Waals surface area contributed by atoms with Crippen molar-refractivity contribution in [2.75, 3.05) is 37.7 Å². The molecule has 1 fully saturated rings. The number of nitrogens with zero attached hydrogens (tertiary/aromatic N) is 4. The first-order chi connectivity index (χ1) is 11.7. The smallest absolute Gasteiger partial charge is 0.142 e. The van der Waals surface area contributed by atoms with Crippen molar-refractivity contribution in [1.82, 2.24) is 14.7 Å². The van der Waals surface area contributed by atoms with Gasteiger partial charge in [0.25, 0.3) is 0 Å². The monoisotopic (exact) mass is 328 g/mol. The molecule has 1 aromatic heterocycles. The number of piperazine rings is 1. The van der Waals surface area contributed by atoms with E-state index in [1.54, 1.807) is 0 Å². The lowest BCUT2D eigenvalue weighted by Crippen LogP contribution is -2.46. The Labute approximate surface area is 144 Å². The molecule has 3 rings (SSSR count). The summed E-state index contributed by atoms with van der Waals surface area (Å²) in [6.45, 7) is 12.1. The van der Waals surface area contributed by atoms with Crippen molar-refractivity contribution in [1.29, 1.82) is 0 Å². The lowest BCUT2D eigenvalue weighted by atomic mass is 10.2. The molecular weight excluding hydrogens is 300 g/mol. The predicted octanol–water partition coefficient (Wildman–Crippen LogP) is 3.18. The molecule has 0 atom stereocenters. The number of para-hydroxylation sites is 2. The van der Waals surface area contributed by atoms with Crippen molar-refractivity contribution in [2.24, 2.45) is 0 Å². The van der Waals surface area contributed by atoms with Crippen molar-refractivity contribution < 1.29 is 4.74 Å². The van der Waals surface area contributed by atoms with E-state index in [4.69, 9.17) is 4.74 Å². The van der Waals surface area contributed by atoms with Crippen LogP contribution in [0.2, 0.25) is 0 Å². The van der Waals surface area contributed by atoms with Crippen molar-refractivity contribution in [3.63, 3.8) is 0 Å². The second-order valence-electron chi connectivity index (χ2n) is 6.54. The van der Waals surface area contributed by atoms with Gasteiger partial charge < -0.3 is 9.64 Å². The van der Waals surface area contributed by atoms with Gasteiger partial charge in [-0.05, 0) is 39.0 Å². The van der Waals surface area contributed by atoms with Crippen molar-refractivity contribution in [2.45, 2.75) is 33.4 Å². The highest BCUT2D eigenvalue weighted by Gasteiger charge is 2.20. The molecule has 0 radical (unpaired) electrons. The summed E-state index contributed by atoms with van der Waals surface area (Å²) < 4.78 is 7.80. The lowest BCUT2D eigenvalue weighted by molar-refractivity contribution is 0.244. The van der Waals surface area contributed by atoms with Crippen LogP contribution in [-0.2, 0) is 6.54 Å². The van der Waals surface area contributed by atoms with Crippen LogP contribution in [0.4, 0.5) is 5.69 Å². The molecule has 0 spiro atoms. The zero-order chi connectivity index (χ0) is 16.9. The molecule has 0 bridgehead atoms. The summed E-state index contributed by atoms with van der Waals surface area (Å²) in [5, 5.41) is 4.66. The lowest BCUT2D eigenvalue weighted by Gasteiger charge is -2.36. The third kappa shape index (κ3) is 3.90. The topological polar surface area (TPSA) is 33.5 Å². The molecule has 1 saturated heterocycles. The minimum absolute atomic E-state index is 0.422.